The van der Waals surface area contributed by atoms with Crippen LogP contribution in [0.2, 0.25) is 0 Å². The summed E-state index contributed by atoms with van der Waals surface area (Å²) in [5.74, 6) is 2.68. The van der Waals surface area contributed by atoms with E-state index in [1.54, 1.807) is 0 Å². The molecule has 8 bridgehead atoms. The molecule has 1 aromatic carbocycles. The smallest absolute Gasteiger partial charge is 0.0737 e. The predicted molar refractivity (Wildman–Crippen MR) is 132 cm³/mol. The molecule has 5 heterocycles. The molecule has 150 valence electrons. The highest BCUT2D eigenvalue weighted by Crippen LogP contribution is 2.31. The van der Waals surface area contributed by atoms with Crippen molar-refractivity contribution in [3.05, 3.63) is 95.1 Å². The Morgan fingerprint density at radius 3 is 1.59 bits per heavy atom. The Balaban J connectivity index is 1.69. The second-order valence-corrected chi connectivity index (χ2v) is 7.78. The van der Waals surface area contributed by atoms with E-state index in [0.717, 1.165) is 61.5 Å². The van der Waals surface area contributed by atoms with Crippen LogP contribution in [0.25, 0.3) is 57.5 Å². The predicted octanol–water partition coefficient (Wildman–Crippen LogP) is 6.30. The molecular formula is C28H18N4. The molecule has 0 aliphatic carbocycles. The average molecular weight is 410 g/mol. The monoisotopic (exact) mass is 410 g/mol. The van der Waals surface area contributed by atoms with Gasteiger partial charge >= 0.3 is 0 Å². The molecule has 4 heteroatoms. The minimum absolute atomic E-state index is 0.846. The zero-order valence-electron chi connectivity index (χ0n) is 17.1. The van der Waals surface area contributed by atoms with Crippen LogP contribution in [0.1, 0.15) is 28.3 Å². The molecule has 2 N–H and O–H groups in total. The molecule has 0 saturated carbocycles. The normalized spacial score (nSPS) is 12.1. The molecule has 2 aliphatic rings. The van der Waals surface area contributed by atoms with Gasteiger partial charge in [0.05, 0.1) is 22.8 Å². The molecule has 0 radical (unpaired) electrons. The quantitative estimate of drug-likeness (QED) is 0.312. The van der Waals surface area contributed by atoms with Gasteiger partial charge in [-0.2, -0.15) is 0 Å². The van der Waals surface area contributed by atoms with E-state index in [-0.39, 0.29) is 0 Å². The number of nitrogens with one attached hydrogen (secondary N) is 2. The summed E-state index contributed by atoms with van der Waals surface area (Å²) >= 11 is 0. The van der Waals surface area contributed by atoms with Crippen molar-refractivity contribution in [1.29, 1.82) is 0 Å². The van der Waals surface area contributed by atoms with Crippen molar-refractivity contribution in [2.45, 2.75) is 0 Å². The minimum Gasteiger partial charge on any atom is -0.355 e. The Kier molecular flexibility index (Phi) is 4.12. The molecule has 3 aromatic heterocycles. The SMILES string of the molecule is C#Cc1ccc(-c2c3nc(cc4ccc(cc5ccc(cc6nc2C=C6)[nH]5)[nH]4)C=C3)cc1. The second-order valence-electron chi connectivity index (χ2n) is 7.78. The molecule has 0 unspecified atom stereocenters. The summed E-state index contributed by atoms with van der Waals surface area (Å²) in [6.07, 6.45) is 13.7. The molecule has 0 fully saturated rings. The molecule has 0 atom stereocenters. The van der Waals surface area contributed by atoms with Gasteiger partial charge in [-0.1, -0.05) is 18.1 Å². The third-order valence-corrected chi connectivity index (χ3v) is 5.56. The van der Waals surface area contributed by atoms with Gasteiger partial charge in [0.25, 0.3) is 0 Å². The van der Waals surface area contributed by atoms with Gasteiger partial charge in [0, 0.05) is 33.2 Å². The Morgan fingerprint density at radius 2 is 1.09 bits per heavy atom. The topological polar surface area (TPSA) is 57.4 Å². The number of benzene rings is 1. The summed E-state index contributed by atoms with van der Waals surface area (Å²) < 4.78 is 0. The molecule has 0 spiro atoms. The van der Waals surface area contributed by atoms with E-state index in [2.05, 4.69) is 46.2 Å². The lowest BCUT2D eigenvalue weighted by Crippen LogP contribution is -1.89. The number of terminal acetylenes is 1. The minimum atomic E-state index is 0.846. The van der Waals surface area contributed by atoms with E-state index in [4.69, 9.17) is 16.4 Å². The summed E-state index contributed by atoms with van der Waals surface area (Å²) in [6, 6.07) is 22.4. The fourth-order valence-corrected chi connectivity index (χ4v) is 4.04. The number of H-pyrrole nitrogens is 2. The van der Waals surface area contributed by atoms with Gasteiger partial charge in [-0.3, -0.25) is 0 Å². The highest BCUT2D eigenvalue weighted by molar-refractivity contribution is 5.89. The zero-order valence-corrected chi connectivity index (χ0v) is 17.1. The number of aromatic amines is 2. The standard InChI is InChI=1S/C28H18N4/c1-2-18-3-5-19(6-4-18)28-26-13-11-24(31-26)16-22-9-7-20(29-22)15-21-8-10-23(30-21)17-25-12-14-27(28)32-25/h1,3-17,29-30H. The largest absolute Gasteiger partial charge is 0.355 e. The lowest BCUT2D eigenvalue weighted by Gasteiger charge is -2.05. The lowest BCUT2D eigenvalue weighted by molar-refractivity contribution is 1.28. The van der Waals surface area contributed by atoms with E-state index >= 15 is 0 Å². The fraction of sp³-hybridized carbons (Fsp3) is 0. The van der Waals surface area contributed by atoms with E-state index in [1.807, 2.05) is 60.7 Å². The molecule has 6 rings (SSSR count). The van der Waals surface area contributed by atoms with Crippen molar-refractivity contribution in [3.63, 3.8) is 0 Å². The van der Waals surface area contributed by atoms with Gasteiger partial charge in [0.1, 0.15) is 0 Å². The molecule has 0 amide bonds. The van der Waals surface area contributed by atoms with Crippen molar-refractivity contribution in [3.8, 4) is 23.5 Å². The highest BCUT2D eigenvalue weighted by atomic mass is 14.8. The maximum atomic E-state index is 5.55. The summed E-state index contributed by atoms with van der Waals surface area (Å²) in [6.45, 7) is 0. The third-order valence-electron chi connectivity index (χ3n) is 5.56. The summed E-state index contributed by atoms with van der Waals surface area (Å²) in [7, 11) is 0. The number of hydrogen-bond acceptors (Lipinski definition) is 2. The van der Waals surface area contributed by atoms with E-state index in [9.17, 15) is 0 Å². The first kappa shape index (κ1) is 18.2. The van der Waals surface area contributed by atoms with Gasteiger partial charge in [0.15, 0.2) is 0 Å². The first-order chi connectivity index (χ1) is 15.7. The average Bonchev–Trinajstić information content (AvgIpc) is 3.60. The van der Waals surface area contributed by atoms with Gasteiger partial charge < -0.3 is 9.97 Å². The maximum absolute atomic E-state index is 5.55. The summed E-state index contributed by atoms with van der Waals surface area (Å²) in [4.78, 5) is 16.7. The molecule has 4 nitrogen and oxygen atoms in total. The molecule has 0 saturated heterocycles. The van der Waals surface area contributed by atoms with E-state index < -0.39 is 0 Å². The van der Waals surface area contributed by atoms with Gasteiger partial charge in [-0.25, -0.2) is 9.97 Å². The number of nitrogens with zero attached hydrogens (tertiary/aromatic N) is 2. The van der Waals surface area contributed by atoms with Gasteiger partial charge in [-0.05, 0) is 84.5 Å². The summed E-state index contributed by atoms with van der Waals surface area (Å²) in [5, 5.41) is 0. The number of rotatable bonds is 1. The van der Waals surface area contributed by atoms with Crippen molar-refractivity contribution in [2.75, 3.05) is 0 Å². The van der Waals surface area contributed by atoms with E-state index in [0.29, 0.717) is 0 Å². The van der Waals surface area contributed by atoms with Gasteiger partial charge in [-0.15, -0.1) is 6.42 Å². The van der Waals surface area contributed by atoms with Crippen LogP contribution < -0.4 is 0 Å². The van der Waals surface area contributed by atoms with Crippen molar-refractivity contribution >= 4 is 46.4 Å². The van der Waals surface area contributed by atoms with Crippen LogP contribution in [-0.2, 0) is 0 Å². The van der Waals surface area contributed by atoms with Crippen molar-refractivity contribution < 1.29 is 0 Å². The van der Waals surface area contributed by atoms with Crippen LogP contribution in [0.4, 0.5) is 0 Å². The first-order valence-electron chi connectivity index (χ1n) is 10.4. The molecule has 32 heavy (non-hydrogen) atoms. The number of fused-ring (bicyclic) bond motifs is 8. The molecular weight excluding hydrogens is 392 g/mol. The van der Waals surface area contributed by atoms with Crippen molar-refractivity contribution in [1.82, 2.24) is 19.9 Å². The Labute approximate surface area is 185 Å². The first-order valence-corrected chi connectivity index (χ1v) is 10.4. The second kappa shape index (κ2) is 7.26. The van der Waals surface area contributed by atoms with Crippen LogP contribution in [-0.4, -0.2) is 19.9 Å². The Hall–Kier alpha value is -4.62. The zero-order chi connectivity index (χ0) is 21.5. The van der Waals surface area contributed by atoms with Crippen LogP contribution in [0.3, 0.4) is 0 Å². The maximum Gasteiger partial charge on any atom is 0.0737 e. The van der Waals surface area contributed by atoms with Crippen LogP contribution in [0, 0.1) is 12.3 Å². The highest BCUT2D eigenvalue weighted by Gasteiger charge is 2.14. The number of hydrogen-bond donors (Lipinski definition) is 2. The van der Waals surface area contributed by atoms with E-state index in [1.165, 1.54) is 0 Å². The summed E-state index contributed by atoms with van der Waals surface area (Å²) in [5.41, 5.74) is 10.4. The van der Waals surface area contributed by atoms with Crippen LogP contribution >= 0.6 is 0 Å². The fourth-order valence-electron chi connectivity index (χ4n) is 4.04. The lowest BCUT2D eigenvalue weighted by atomic mass is 10.0. The third kappa shape index (κ3) is 3.32. The molecule has 2 aliphatic heterocycles. The number of aromatic nitrogens is 4. The Morgan fingerprint density at radius 1 is 0.594 bits per heavy atom. The van der Waals surface area contributed by atoms with Crippen molar-refractivity contribution in [2.24, 2.45) is 0 Å². The Bertz CT molecular complexity index is 1530. The molecule has 4 aromatic rings. The van der Waals surface area contributed by atoms with Crippen LogP contribution in [0.5, 0.6) is 0 Å². The van der Waals surface area contributed by atoms with Gasteiger partial charge in [0.2, 0.25) is 0 Å². The van der Waals surface area contributed by atoms with Crippen LogP contribution in [0.15, 0.2) is 66.7 Å².